The number of alkyl halides is 2. The van der Waals surface area contributed by atoms with Crippen LogP contribution in [-0.2, 0) is 4.79 Å². The summed E-state index contributed by atoms with van der Waals surface area (Å²) < 4.78 is 29.9. The zero-order valence-corrected chi connectivity index (χ0v) is 15.5. The van der Waals surface area contributed by atoms with Gasteiger partial charge in [-0.1, -0.05) is 31.1 Å². The van der Waals surface area contributed by atoms with Crippen molar-refractivity contribution in [1.82, 2.24) is 4.98 Å². The van der Waals surface area contributed by atoms with E-state index in [4.69, 9.17) is 0 Å². The standard InChI is InChI=1S/C19H22F2N2O2S/c1-18-6-2-8-19(11-18,9-3-7-18)15(24)23-17-22-13-5-4-12(25-16(20)21)10-14(13)26-17/h4-5,10,16H,2-3,6-9,11H2,1H3,(H,22,23,24). The molecular weight excluding hydrogens is 358 g/mol. The number of ether oxygens (including phenoxy) is 1. The van der Waals surface area contributed by atoms with Crippen molar-refractivity contribution in [2.24, 2.45) is 10.8 Å². The quantitative estimate of drug-likeness (QED) is 0.752. The maximum absolute atomic E-state index is 13.1. The minimum absolute atomic E-state index is 0.0613. The van der Waals surface area contributed by atoms with Crippen molar-refractivity contribution in [3.8, 4) is 5.75 Å². The lowest BCUT2D eigenvalue weighted by atomic mass is 9.55. The van der Waals surface area contributed by atoms with E-state index < -0.39 is 6.61 Å². The van der Waals surface area contributed by atoms with Gasteiger partial charge in [0.15, 0.2) is 5.13 Å². The van der Waals surface area contributed by atoms with E-state index in [-0.39, 0.29) is 22.5 Å². The van der Waals surface area contributed by atoms with Crippen LogP contribution in [0.3, 0.4) is 0 Å². The van der Waals surface area contributed by atoms with Gasteiger partial charge >= 0.3 is 6.61 Å². The number of thiazole rings is 1. The second-order valence-electron chi connectivity index (χ2n) is 7.96. The molecule has 2 aliphatic carbocycles. The number of rotatable bonds is 4. The number of aromatic nitrogens is 1. The van der Waals surface area contributed by atoms with Gasteiger partial charge in [-0.3, -0.25) is 4.79 Å². The number of amides is 1. The number of nitrogens with one attached hydrogen (secondary N) is 1. The third-order valence-electron chi connectivity index (χ3n) is 5.92. The molecule has 1 aromatic carbocycles. The molecule has 140 valence electrons. The molecule has 2 aromatic rings. The van der Waals surface area contributed by atoms with Crippen LogP contribution in [0, 0.1) is 10.8 Å². The predicted octanol–water partition coefficient (Wildman–Crippen LogP) is 5.59. The molecule has 0 unspecified atom stereocenters. The van der Waals surface area contributed by atoms with Crippen molar-refractivity contribution in [3.05, 3.63) is 18.2 Å². The molecule has 1 heterocycles. The van der Waals surface area contributed by atoms with Gasteiger partial charge in [0.2, 0.25) is 5.91 Å². The number of hydrogen-bond donors (Lipinski definition) is 1. The van der Waals surface area contributed by atoms with Gasteiger partial charge in [0.1, 0.15) is 5.75 Å². The molecule has 4 nitrogen and oxygen atoms in total. The van der Waals surface area contributed by atoms with Crippen LogP contribution in [0.2, 0.25) is 0 Å². The molecule has 2 fully saturated rings. The third kappa shape index (κ3) is 3.29. The van der Waals surface area contributed by atoms with Crippen LogP contribution in [0.4, 0.5) is 13.9 Å². The summed E-state index contributed by atoms with van der Waals surface area (Å²) in [6.07, 6.45) is 7.42. The van der Waals surface area contributed by atoms with Crippen molar-refractivity contribution >= 4 is 32.6 Å². The molecular formula is C19H22F2N2O2S. The number of anilines is 1. The summed E-state index contributed by atoms with van der Waals surface area (Å²) >= 11 is 1.29. The number of fused-ring (bicyclic) bond motifs is 3. The van der Waals surface area contributed by atoms with Gasteiger partial charge in [0, 0.05) is 0 Å². The Balaban J connectivity index is 1.54. The van der Waals surface area contributed by atoms with E-state index in [1.807, 2.05) is 0 Å². The van der Waals surface area contributed by atoms with Crippen LogP contribution in [0.1, 0.15) is 51.9 Å². The van der Waals surface area contributed by atoms with Gasteiger partial charge in [0.05, 0.1) is 15.6 Å². The van der Waals surface area contributed by atoms with Crippen molar-refractivity contribution in [1.29, 1.82) is 0 Å². The highest BCUT2D eigenvalue weighted by molar-refractivity contribution is 7.22. The SMILES string of the molecule is CC12CCCC(C(=O)Nc3nc4ccc(OC(F)F)cc4s3)(CCC1)C2. The predicted molar refractivity (Wildman–Crippen MR) is 97.7 cm³/mol. The zero-order valence-electron chi connectivity index (χ0n) is 14.7. The van der Waals surface area contributed by atoms with Crippen molar-refractivity contribution in [2.75, 3.05) is 5.32 Å². The molecule has 1 amide bonds. The minimum atomic E-state index is -2.86. The molecule has 2 saturated carbocycles. The lowest BCUT2D eigenvalue weighted by molar-refractivity contribution is -0.133. The Hall–Kier alpha value is -1.76. The maximum Gasteiger partial charge on any atom is 0.387 e. The molecule has 7 heteroatoms. The summed E-state index contributed by atoms with van der Waals surface area (Å²) in [7, 11) is 0. The highest BCUT2D eigenvalue weighted by Gasteiger charge is 2.49. The molecule has 1 aromatic heterocycles. The Labute approximate surface area is 154 Å². The van der Waals surface area contributed by atoms with Crippen LogP contribution in [0.15, 0.2) is 18.2 Å². The second-order valence-corrected chi connectivity index (χ2v) is 8.99. The summed E-state index contributed by atoms with van der Waals surface area (Å²) in [6, 6.07) is 4.63. The topological polar surface area (TPSA) is 51.2 Å². The molecule has 26 heavy (non-hydrogen) atoms. The number of nitrogens with zero attached hydrogens (tertiary/aromatic N) is 1. The van der Waals surface area contributed by atoms with Crippen molar-refractivity contribution < 1.29 is 18.3 Å². The molecule has 0 atom stereocenters. The van der Waals surface area contributed by atoms with E-state index in [1.54, 1.807) is 6.07 Å². The fourth-order valence-electron chi connectivity index (χ4n) is 4.80. The van der Waals surface area contributed by atoms with Gasteiger partial charge in [-0.25, -0.2) is 4.98 Å². The van der Waals surface area contributed by atoms with E-state index in [0.717, 1.165) is 32.1 Å². The molecule has 2 bridgehead atoms. The van der Waals surface area contributed by atoms with Crippen LogP contribution in [0.25, 0.3) is 10.2 Å². The first-order valence-electron chi connectivity index (χ1n) is 9.05. The van der Waals surface area contributed by atoms with Crippen molar-refractivity contribution in [2.45, 2.75) is 58.5 Å². The fraction of sp³-hybridized carbons (Fsp3) is 0.579. The number of benzene rings is 1. The molecule has 0 saturated heterocycles. The smallest absolute Gasteiger partial charge is 0.387 e. The summed E-state index contributed by atoms with van der Waals surface area (Å²) in [5, 5.41) is 3.52. The van der Waals surface area contributed by atoms with Gasteiger partial charge in [-0.2, -0.15) is 8.78 Å². The largest absolute Gasteiger partial charge is 0.435 e. The van der Waals surface area contributed by atoms with Crippen LogP contribution < -0.4 is 10.1 Å². The molecule has 0 radical (unpaired) electrons. The first-order chi connectivity index (χ1) is 12.4. The molecule has 0 aliphatic heterocycles. The summed E-state index contributed by atoms with van der Waals surface area (Å²) in [4.78, 5) is 17.5. The number of carbonyl (C=O) groups is 1. The Morgan fingerprint density at radius 1 is 1.27 bits per heavy atom. The van der Waals surface area contributed by atoms with E-state index in [1.165, 1.54) is 36.3 Å². The van der Waals surface area contributed by atoms with Crippen molar-refractivity contribution in [3.63, 3.8) is 0 Å². The molecule has 4 rings (SSSR count). The van der Waals surface area contributed by atoms with Crippen LogP contribution in [0.5, 0.6) is 5.75 Å². The Bertz CT molecular complexity index is 826. The van der Waals surface area contributed by atoms with Gasteiger partial charge in [0.25, 0.3) is 0 Å². The Kier molecular flexibility index (Phi) is 4.37. The van der Waals surface area contributed by atoms with Crippen LogP contribution in [-0.4, -0.2) is 17.5 Å². The zero-order chi connectivity index (χ0) is 18.4. The van der Waals surface area contributed by atoms with Crippen LogP contribution >= 0.6 is 11.3 Å². The Morgan fingerprint density at radius 3 is 2.69 bits per heavy atom. The van der Waals surface area contributed by atoms with Gasteiger partial charge < -0.3 is 10.1 Å². The number of hydrogen-bond acceptors (Lipinski definition) is 4. The molecule has 0 spiro atoms. The second kappa shape index (κ2) is 6.44. The van der Waals surface area contributed by atoms with E-state index >= 15 is 0 Å². The normalized spacial score (nSPS) is 28.3. The van der Waals surface area contributed by atoms with E-state index in [2.05, 4.69) is 22.0 Å². The average molecular weight is 380 g/mol. The third-order valence-corrected chi connectivity index (χ3v) is 6.86. The van der Waals surface area contributed by atoms with E-state index in [9.17, 15) is 13.6 Å². The maximum atomic E-state index is 13.1. The van der Waals surface area contributed by atoms with Gasteiger partial charge in [-0.15, -0.1) is 0 Å². The highest BCUT2D eigenvalue weighted by Crippen LogP contribution is 2.55. The molecule has 1 N–H and O–H groups in total. The average Bonchev–Trinajstić information content (AvgIpc) is 2.95. The van der Waals surface area contributed by atoms with Gasteiger partial charge in [-0.05, 0) is 55.7 Å². The summed E-state index contributed by atoms with van der Waals surface area (Å²) in [5.41, 5.74) is 0.664. The first kappa shape index (κ1) is 17.6. The lowest BCUT2D eigenvalue weighted by Gasteiger charge is -2.49. The summed E-state index contributed by atoms with van der Waals surface area (Å²) in [5.74, 6) is 0.161. The molecule has 2 aliphatic rings. The Morgan fingerprint density at radius 2 is 2.00 bits per heavy atom. The lowest BCUT2D eigenvalue weighted by Crippen LogP contribution is -2.46. The monoisotopic (exact) mass is 380 g/mol. The number of carbonyl (C=O) groups excluding carboxylic acids is 1. The minimum Gasteiger partial charge on any atom is -0.435 e. The first-order valence-corrected chi connectivity index (χ1v) is 9.86. The summed E-state index contributed by atoms with van der Waals surface area (Å²) in [6.45, 7) is -0.555. The number of halogens is 2. The van der Waals surface area contributed by atoms with E-state index in [0.29, 0.717) is 15.3 Å². The highest BCUT2D eigenvalue weighted by atomic mass is 32.1. The fourth-order valence-corrected chi connectivity index (χ4v) is 5.69.